The maximum absolute atomic E-state index is 13.0. The number of aromatic nitrogens is 1. The number of fused-ring (bicyclic) bond motifs is 3. The van der Waals surface area contributed by atoms with Crippen LogP contribution in [0, 0.1) is 6.92 Å². The van der Waals surface area contributed by atoms with E-state index in [0.29, 0.717) is 36.8 Å². The highest BCUT2D eigenvalue weighted by molar-refractivity contribution is 6.31. The van der Waals surface area contributed by atoms with E-state index in [4.69, 9.17) is 21.1 Å². The summed E-state index contributed by atoms with van der Waals surface area (Å²) in [5, 5.41) is 0.726. The van der Waals surface area contributed by atoms with Gasteiger partial charge in [0, 0.05) is 30.4 Å². The third-order valence-corrected chi connectivity index (χ3v) is 5.68. The Morgan fingerprint density at radius 1 is 1.20 bits per heavy atom. The van der Waals surface area contributed by atoms with Crippen molar-refractivity contribution >= 4 is 23.5 Å². The Hall–Kier alpha value is -3.15. The molecule has 0 fully saturated rings. The van der Waals surface area contributed by atoms with E-state index < -0.39 is 0 Å². The molecule has 150 valence electrons. The molecule has 0 bridgehead atoms. The van der Waals surface area contributed by atoms with Crippen molar-refractivity contribution in [1.29, 1.82) is 0 Å². The normalized spacial score (nSPS) is 16.7. The summed E-state index contributed by atoms with van der Waals surface area (Å²) in [5.74, 6) is 1.50. The number of pyridine rings is 1. The minimum Gasteiger partial charge on any atom is -0.478 e. The first kappa shape index (κ1) is 18.9. The fourth-order valence-corrected chi connectivity index (χ4v) is 4.04. The predicted molar refractivity (Wildman–Crippen MR) is 115 cm³/mol. The Kier molecular flexibility index (Phi) is 4.77. The Balaban J connectivity index is 1.48. The van der Waals surface area contributed by atoms with E-state index in [1.807, 2.05) is 55.5 Å². The highest BCUT2D eigenvalue weighted by Gasteiger charge is 2.35. The number of hydrogen-bond donors (Lipinski definition) is 0. The van der Waals surface area contributed by atoms with E-state index >= 15 is 0 Å². The molecular formula is C24H19ClN2O3. The van der Waals surface area contributed by atoms with Crippen LogP contribution in [0.3, 0.4) is 0 Å². The lowest BCUT2D eigenvalue weighted by atomic mass is 9.98. The lowest BCUT2D eigenvalue weighted by molar-refractivity contribution is 0.0872. The fraction of sp³-hybridized carbons (Fsp3) is 0.167. The number of carbonyl (C=O) groups excluding carboxylic acids is 1. The van der Waals surface area contributed by atoms with Crippen LogP contribution >= 0.6 is 11.6 Å². The fourth-order valence-electron chi connectivity index (χ4n) is 3.84. The number of aryl methyl sites for hydroxylation is 1. The van der Waals surface area contributed by atoms with Gasteiger partial charge in [0.15, 0.2) is 5.76 Å². The van der Waals surface area contributed by atoms with Crippen LogP contribution in [0.15, 0.2) is 60.5 Å². The number of halogens is 1. The molecule has 2 aliphatic heterocycles. The summed E-state index contributed by atoms with van der Waals surface area (Å²) in [6, 6.07) is 15.2. The monoisotopic (exact) mass is 418 g/mol. The molecule has 0 radical (unpaired) electrons. The van der Waals surface area contributed by atoms with Crippen molar-refractivity contribution in [2.75, 3.05) is 6.73 Å². The van der Waals surface area contributed by atoms with Crippen LogP contribution in [0.4, 0.5) is 0 Å². The van der Waals surface area contributed by atoms with Gasteiger partial charge >= 0.3 is 0 Å². The Labute approximate surface area is 179 Å². The second kappa shape index (κ2) is 7.59. The first-order chi connectivity index (χ1) is 14.6. The molecule has 2 aromatic carbocycles. The summed E-state index contributed by atoms with van der Waals surface area (Å²) >= 11 is 6.32. The van der Waals surface area contributed by atoms with Crippen molar-refractivity contribution in [3.8, 4) is 11.5 Å². The number of nitrogens with zero attached hydrogens (tertiary/aromatic N) is 2. The third-order valence-electron chi connectivity index (χ3n) is 5.31. The van der Waals surface area contributed by atoms with Crippen molar-refractivity contribution in [1.82, 2.24) is 9.88 Å². The minimum atomic E-state index is -0.126. The van der Waals surface area contributed by atoms with Gasteiger partial charge < -0.3 is 9.47 Å². The number of ether oxygens (including phenoxy) is 2. The van der Waals surface area contributed by atoms with Gasteiger partial charge in [-0.15, -0.1) is 0 Å². The van der Waals surface area contributed by atoms with Gasteiger partial charge in [0.1, 0.15) is 18.2 Å². The first-order valence-electron chi connectivity index (χ1n) is 9.70. The molecular weight excluding hydrogens is 400 g/mol. The van der Waals surface area contributed by atoms with Crippen molar-refractivity contribution < 1.29 is 14.3 Å². The smallest absolute Gasteiger partial charge is 0.232 e. The maximum Gasteiger partial charge on any atom is 0.232 e. The van der Waals surface area contributed by atoms with Crippen molar-refractivity contribution in [2.24, 2.45) is 0 Å². The van der Waals surface area contributed by atoms with Crippen molar-refractivity contribution in [3.05, 3.63) is 93.5 Å². The Morgan fingerprint density at radius 3 is 2.83 bits per heavy atom. The maximum atomic E-state index is 13.0. The van der Waals surface area contributed by atoms with Crippen LogP contribution in [0.5, 0.6) is 11.5 Å². The summed E-state index contributed by atoms with van der Waals surface area (Å²) in [5.41, 5.74) is 4.03. The average molecular weight is 419 g/mol. The van der Waals surface area contributed by atoms with E-state index in [1.54, 1.807) is 12.3 Å². The molecule has 6 heteroatoms. The van der Waals surface area contributed by atoms with Gasteiger partial charge in [-0.25, -0.2) is 0 Å². The Morgan fingerprint density at radius 2 is 2.03 bits per heavy atom. The van der Waals surface area contributed by atoms with Gasteiger partial charge in [-0.05, 0) is 42.3 Å². The van der Waals surface area contributed by atoms with Gasteiger partial charge in [0.05, 0.1) is 16.8 Å². The minimum absolute atomic E-state index is 0.126. The molecule has 3 aromatic rings. The summed E-state index contributed by atoms with van der Waals surface area (Å²) in [4.78, 5) is 19.4. The molecule has 0 amide bonds. The molecule has 0 atom stereocenters. The molecule has 0 N–H and O–H groups in total. The zero-order valence-electron chi connectivity index (χ0n) is 16.4. The zero-order chi connectivity index (χ0) is 20.7. The summed E-state index contributed by atoms with van der Waals surface area (Å²) in [6.45, 7) is 3.60. The molecule has 3 heterocycles. The first-order valence-corrected chi connectivity index (χ1v) is 10.1. The number of benzene rings is 2. The topological polar surface area (TPSA) is 51.7 Å². The molecule has 0 unspecified atom stereocenters. The molecule has 0 saturated carbocycles. The van der Waals surface area contributed by atoms with E-state index in [2.05, 4.69) is 9.88 Å². The van der Waals surface area contributed by atoms with Crippen LogP contribution in [-0.2, 0) is 13.1 Å². The van der Waals surface area contributed by atoms with E-state index in [9.17, 15) is 4.79 Å². The van der Waals surface area contributed by atoms with E-state index in [-0.39, 0.29) is 11.5 Å². The number of Topliss-reactive ketones (excluding diaryl/α,β-unsaturated/α-hetero) is 1. The SMILES string of the molecule is Cc1cc2c(c3c1C(=O)/C(=C/c1ccccn1)O3)CN(Cc1ccccc1Cl)CO2. The highest BCUT2D eigenvalue weighted by atomic mass is 35.5. The largest absolute Gasteiger partial charge is 0.478 e. The van der Waals surface area contributed by atoms with Gasteiger partial charge in [0.25, 0.3) is 0 Å². The predicted octanol–water partition coefficient (Wildman–Crippen LogP) is 5.01. The number of allylic oxidation sites excluding steroid dienone is 1. The quantitative estimate of drug-likeness (QED) is 0.559. The van der Waals surface area contributed by atoms with Crippen LogP contribution in [0.25, 0.3) is 6.08 Å². The van der Waals surface area contributed by atoms with Gasteiger partial charge in [-0.3, -0.25) is 14.7 Å². The van der Waals surface area contributed by atoms with Crippen molar-refractivity contribution in [3.63, 3.8) is 0 Å². The summed E-state index contributed by atoms with van der Waals surface area (Å²) in [6.07, 6.45) is 3.37. The number of ketones is 1. The molecule has 0 aliphatic carbocycles. The summed E-state index contributed by atoms with van der Waals surface area (Å²) < 4.78 is 12.1. The average Bonchev–Trinajstić information content (AvgIpc) is 3.08. The van der Waals surface area contributed by atoms with Crippen LogP contribution in [-0.4, -0.2) is 22.4 Å². The molecule has 30 heavy (non-hydrogen) atoms. The second-order valence-electron chi connectivity index (χ2n) is 7.42. The molecule has 5 nitrogen and oxygen atoms in total. The van der Waals surface area contributed by atoms with Gasteiger partial charge in [-0.2, -0.15) is 0 Å². The number of hydrogen-bond acceptors (Lipinski definition) is 5. The number of carbonyl (C=O) groups is 1. The van der Waals surface area contributed by atoms with E-state index in [0.717, 1.165) is 27.5 Å². The van der Waals surface area contributed by atoms with Crippen LogP contribution < -0.4 is 9.47 Å². The zero-order valence-corrected chi connectivity index (χ0v) is 17.1. The molecule has 1 aromatic heterocycles. The van der Waals surface area contributed by atoms with Crippen LogP contribution in [0.1, 0.15) is 32.7 Å². The lowest BCUT2D eigenvalue weighted by Gasteiger charge is -2.30. The highest BCUT2D eigenvalue weighted by Crippen LogP contribution is 2.44. The molecule has 0 spiro atoms. The standard InChI is InChI=1S/C24H19ClN2O3/c1-15-10-20-18(13-27(14-29-20)12-16-6-2-3-8-19(16)25)24-22(15)23(28)21(30-24)11-17-7-4-5-9-26-17/h2-11H,12-14H2,1H3/b21-11-. The molecule has 2 aliphatic rings. The summed E-state index contributed by atoms with van der Waals surface area (Å²) in [7, 11) is 0. The van der Waals surface area contributed by atoms with Crippen molar-refractivity contribution in [2.45, 2.75) is 20.0 Å². The molecule has 5 rings (SSSR count). The second-order valence-corrected chi connectivity index (χ2v) is 7.83. The van der Waals surface area contributed by atoms with E-state index in [1.165, 1.54) is 0 Å². The Bertz CT molecular complexity index is 1170. The van der Waals surface area contributed by atoms with Crippen LogP contribution in [0.2, 0.25) is 5.02 Å². The van der Waals surface area contributed by atoms with Gasteiger partial charge in [-0.1, -0.05) is 35.9 Å². The third kappa shape index (κ3) is 3.36. The number of rotatable bonds is 3. The molecule has 0 saturated heterocycles. The lowest BCUT2D eigenvalue weighted by Crippen LogP contribution is -2.32. The van der Waals surface area contributed by atoms with Gasteiger partial charge in [0.2, 0.25) is 5.78 Å².